The van der Waals surface area contributed by atoms with Crippen LogP contribution in [0.3, 0.4) is 0 Å². The topological polar surface area (TPSA) is 66.5 Å². The lowest BCUT2D eigenvalue weighted by Gasteiger charge is -2.21. The summed E-state index contributed by atoms with van der Waals surface area (Å²) in [5.41, 5.74) is 0.133. The maximum atomic E-state index is 13.8. The molecule has 0 bridgehead atoms. The van der Waals surface area contributed by atoms with Crippen LogP contribution in [0.25, 0.3) is 0 Å². The van der Waals surface area contributed by atoms with Gasteiger partial charge >= 0.3 is 0 Å². The molecule has 0 saturated carbocycles. The highest BCUT2D eigenvalue weighted by Crippen LogP contribution is 2.22. The molecule has 0 aliphatic rings. The van der Waals surface area contributed by atoms with Crippen molar-refractivity contribution in [2.24, 2.45) is 0 Å². The number of halogens is 1. The van der Waals surface area contributed by atoms with Crippen LogP contribution >= 0.6 is 11.3 Å². The van der Waals surface area contributed by atoms with Gasteiger partial charge in [0.15, 0.2) is 0 Å². The molecule has 1 aromatic carbocycles. The van der Waals surface area contributed by atoms with Crippen LogP contribution in [0.15, 0.2) is 40.6 Å². The molecule has 8 heteroatoms. The van der Waals surface area contributed by atoms with Crippen LogP contribution in [0, 0.1) is 5.82 Å². The summed E-state index contributed by atoms with van der Waals surface area (Å²) >= 11 is 1.21. The van der Waals surface area contributed by atoms with Crippen molar-refractivity contribution < 1.29 is 17.6 Å². The van der Waals surface area contributed by atoms with Crippen LogP contribution in [0.2, 0.25) is 0 Å². The van der Waals surface area contributed by atoms with Gasteiger partial charge in [0.05, 0.1) is 5.69 Å². The summed E-state index contributed by atoms with van der Waals surface area (Å²) in [5.74, 6) is -0.884. The van der Waals surface area contributed by atoms with E-state index in [4.69, 9.17) is 0 Å². The Morgan fingerprint density at radius 1 is 1.25 bits per heavy atom. The zero-order valence-corrected chi connectivity index (χ0v) is 15.1. The fraction of sp³-hybridized carbons (Fsp3) is 0.312. The fourth-order valence-electron chi connectivity index (χ4n) is 2.17. The van der Waals surface area contributed by atoms with Gasteiger partial charge in [0.2, 0.25) is 15.9 Å². The van der Waals surface area contributed by atoms with E-state index in [0.717, 1.165) is 11.3 Å². The van der Waals surface area contributed by atoms with Gasteiger partial charge in [-0.3, -0.25) is 4.79 Å². The summed E-state index contributed by atoms with van der Waals surface area (Å²) < 4.78 is 41.0. The predicted octanol–water partition coefficient (Wildman–Crippen LogP) is 2.78. The molecule has 130 valence electrons. The van der Waals surface area contributed by atoms with Gasteiger partial charge in [0, 0.05) is 24.9 Å². The Morgan fingerprint density at radius 3 is 2.54 bits per heavy atom. The second kappa shape index (κ2) is 7.87. The molecule has 0 atom stereocenters. The maximum absolute atomic E-state index is 13.8. The first-order valence-corrected chi connectivity index (χ1v) is 9.76. The Balaban J connectivity index is 2.05. The second-order valence-corrected chi connectivity index (χ2v) is 8.26. The van der Waals surface area contributed by atoms with E-state index in [1.165, 1.54) is 41.4 Å². The molecule has 0 spiro atoms. The molecule has 24 heavy (non-hydrogen) atoms. The van der Waals surface area contributed by atoms with E-state index >= 15 is 0 Å². The number of aryl methyl sites for hydroxylation is 1. The van der Waals surface area contributed by atoms with Gasteiger partial charge in [-0.05, 0) is 30.7 Å². The van der Waals surface area contributed by atoms with Crippen molar-refractivity contribution in [3.63, 3.8) is 0 Å². The Bertz CT molecular complexity index is 818. The average molecular weight is 370 g/mol. The van der Waals surface area contributed by atoms with Crippen LogP contribution in [-0.2, 0) is 21.2 Å². The number of hydrogen-bond donors (Lipinski definition) is 1. The average Bonchev–Trinajstić information content (AvgIpc) is 3.02. The molecular weight excluding hydrogens is 351 g/mol. The zero-order valence-electron chi connectivity index (χ0n) is 13.5. The lowest BCUT2D eigenvalue weighted by Crippen LogP contribution is -2.37. The van der Waals surface area contributed by atoms with Gasteiger partial charge in [0.1, 0.15) is 10.0 Å². The molecule has 0 saturated heterocycles. The molecule has 2 rings (SSSR count). The SMILES string of the molecule is CCc1ccc(S(=O)(=O)NCCN(C(C)=O)c2ccccc2F)s1. The minimum atomic E-state index is -3.63. The number of carbonyl (C=O) groups excluding carboxylic acids is 1. The van der Waals surface area contributed by atoms with Gasteiger partial charge < -0.3 is 4.90 Å². The first-order valence-electron chi connectivity index (χ1n) is 7.46. The Morgan fingerprint density at radius 2 is 1.96 bits per heavy atom. The van der Waals surface area contributed by atoms with Crippen molar-refractivity contribution in [3.05, 3.63) is 47.1 Å². The summed E-state index contributed by atoms with van der Waals surface area (Å²) in [6.45, 7) is 3.31. The van der Waals surface area contributed by atoms with Crippen molar-refractivity contribution in [3.8, 4) is 0 Å². The molecule has 1 N–H and O–H groups in total. The van der Waals surface area contributed by atoms with Crippen molar-refractivity contribution in [2.45, 2.75) is 24.5 Å². The highest BCUT2D eigenvalue weighted by atomic mass is 32.2. The molecule has 1 aromatic heterocycles. The van der Waals surface area contributed by atoms with Crippen molar-refractivity contribution in [1.82, 2.24) is 4.72 Å². The maximum Gasteiger partial charge on any atom is 0.250 e. The number of nitrogens with one attached hydrogen (secondary N) is 1. The Kier molecular flexibility index (Phi) is 6.09. The third-order valence-electron chi connectivity index (χ3n) is 3.40. The zero-order chi connectivity index (χ0) is 17.7. The number of hydrogen-bond acceptors (Lipinski definition) is 4. The van der Waals surface area contributed by atoms with Gasteiger partial charge in [0.25, 0.3) is 0 Å². The monoisotopic (exact) mass is 370 g/mol. The number of para-hydroxylation sites is 1. The fourth-order valence-corrected chi connectivity index (χ4v) is 4.53. The third-order valence-corrected chi connectivity index (χ3v) is 6.58. The number of amides is 1. The first-order chi connectivity index (χ1) is 11.3. The summed E-state index contributed by atoms with van der Waals surface area (Å²) in [4.78, 5) is 13.9. The molecule has 2 aromatic rings. The number of rotatable bonds is 7. The molecule has 5 nitrogen and oxygen atoms in total. The van der Waals surface area contributed by atoms with E-state index in [-0.39, 0.29) is 28.9 Å². The van der Waals surface area contributed by atoms with Gasteiger partial charge in [-0.15, -0.1) is 11.3 Å². The van der Waals surface area contributed by atoms with Crippen molar-refractivity contribution >= 4 is 33.0 Å². The molecule has 0 unspecified atom stereocenters. The van der Waals surface area contributed by atoms with E-state index in [1.807, 2.05) is 6.92 Å². The number of nitrogens with zero attached hydrogens (tertiary/aromatic N) is 1. The van der Waals surface area contributed by atoms with Gasteiger partial charge in [-0.2, -0.15) is 0 Å². The summed E-state index contributed by atoms with van der Waals surface area (Å²) in [7, 11) is -3.63. The number of thiophene rings is 1. The minimum absolute atomic E-state index is 0.00436. The molecule has 0 aliphatic carbocycles. The summed E-state index contributed by atoms with van der Waals surface area (Å²) in [6.07, 6.45) is 0.769. The molecular formula is C16H19FN2O3S2. The molecule has 1 heterocycles. The molecule has 0 radical (unpaired) electrons. The quantitative estimate of drug-likeness (QED) is 0.815. The van der Waals surface area contributed by atoms with E-state index in [9.17, 15) is 17.6 Å². The van der Waals surface area contributed by atoms with E-state index in [1.54, 1.807) is 18.2 Å². The van der Waals surface area contributed by atoms with E-state index in [0.29, 0.717) is 0 Å². The molecule has 0 aliphatic heterocycles. The largest absolute Gasteiger partial charge is 0.309 e. The number of benzene rings is 1. The second-order valence-electron chi connectivity index (χ2n) is 5.09. The van der Waals surface area contributed by atoms with E-state index < -0.39 is 15.8 Å². The Labute approximate surface area is 145 Å². The summed E-state index contributed by atoms with van der Waals surface area (Å²) in [5, 5.41) is 0. The van der Waals surface area contributed by atoms with Gasteiger partial charge in [-0.25, -0.2) is 17.5 Å². The smallest absolute Gasteiger partial charge is 0.250 e. The van der Waals surface area contributed by atoms with Crippen molar-refractivity contribution in [1.29, 1.82) is 0 Å². The molecule has 1 amide bonds. The minimum Gasteiger partial charge on any atom is -0.309 e. The Hall–Kier alpha value is -1.77. The number of anilines is 1. The lowest BCUT2D eigenvalue weighted by atomic mass is 10.2. The number of carbonyl (C=O) groups is 1. The van der Waals surface area contributed by atoms with Crippen LogP contribution in [0.1, 0.15) is 18.7 Å². The van der Waals surface area contributed by atoms with Crippen LogP contribution in [-0.4, -0.2) is 27.4 Å². The lowest BCUT2D eigenvalue weighted by molar-refractivity contribution is -0.116. The van der Waals surface area contributed by atoms with E-state index in [2.05, 4.69) is 4.72 Å². The number of sulfonamides is 1. The normalized spacial score (nSPS) is 11.5. The third kappa shape index (κ3) is 4.40. The molecule has 0 fully saturated rings. The summed E-state index contributed by atoms with van der Waals surface area (Å²) in [6, 6.07) is 9.23. The highest BCUT2D eigenvalue weighted by Gasteiger charge is 2.19. The first kappa shape index (κ1) is 18.6. The van der Waals surface area contributed by atoms with Crippen molar-refractivity contribution in [2.75, 3.05) is 18.0 Å². The van der Waals surface area contributed by atoms with Crippen LogP contribution < -0.4 is 9.62 Å². The van der Waals surface area contributed by atoms with Gasteiger partial charge in [-0.1, -0.05) is 19.1 Å². The van der Waals surface area contributed by atoms with Crippen LogP contribution in [0.5, 0.6) is 0 Å². The standard InChI is InChI=1S/C16H19FN2O3S2/c1-3-13-8-9-16(23-13)24(21,22)18-10-11-19(12(2)20)15-7-5-4-6-14(15)17/h4-9,18H,3,10-11H2,1-2H3. The van der Waals surface area contributed by atoms with Crippen LogP contribution in [0.4, 0.5) is 10.1 Å². The highest BCUT2D eigenvalue weighted by molar-refractivity contribution is 7.91. The predicted molar refractivity (Wildman–Crippen MR) is 93.3 cm³/mol.